The van der Waals surface area contributed by atoms with Crippen LogP contribution in [0, 0.1) is 11.3 Å². The van der Waals surface area contributed by atoms with Crippen LogP contribution in [-0.2, 0) is 6.42 Å². The summed E-state index contributed by atoms with van der Waals surface area (Å²) in [7, 11) is 0. The summed E-state index contributed by atoms with van der Waals surface area (Å²) in [4.78, 5) is 4.58. The van der Waals surface area contributed by atoms with Gasteiger partial charge in [-0.3, -0.25) is 0 Å². The Morgan fingerprint density at radius 2 is 2.07 bits per heavy atom. The average molecular weight is 375 g/mol. The van der Waals surface area contributed by atoms with Crippen molar-refractivity contribution in [2.75, 3.05) is 6.61 Å². The molecule has 144 valence electrons. The zero-order valence-electron chi connectivity index (χ0n) is 16.8. The van der Waals surface area contributed by atoms with Crippen molar-refractivity contribution in [1.29, 1.82) is 5.26 Å². The second kappa shape index (κ2) is 8.71. The van der Waals surface area contributed by atoms with Gasteiger partial charge >= 0.3 is 0 Å². The van der Waals surface area contributed by atoms with Crippen molar-refractivity contribution in [1.82, 2.24) is 10.1 Å². The van der Waals surface area contributed by atoms with Crippen LogP contribution in [0.25, 0.3) is 22.8 Å². The number of hydrogen-bond donors (Lipinski definition) is 0. The first-order valence-corrected chi connectivity index (χ1v) is 9.84. The predicted molar refractivity (Wildman–Crippen MR) is 109 cm³/mol. The van der Waals surface area contributed by atoms with E-state index < -0.39 is 0 Å². The van der Waals surface area contributed by atoms with E-state index in [4.69, 9.17) is 9.26 Å². The molecule has 0 bridgehead atoms. The Hall–Kier alpha value is -3.13. The predicted octanol–water partition coefficient (Wildman–Crippen LogP) is 5.75. The van der Waals surface area contributed by atoms with Gasteiger partial charge in [-0.25, -0.2) is 0 Å². The van der Waals surface area contributed by atoms with E-state index in [1.165, 1.54) is 11.1 Å². The summed E-state index contributed by atoms with van der Waals surface area (Å²) in [5.41, 5.74) is 4.90. The number of rotatable bonds is 4. The van der Waals surface area contributed by atoms with Gasteiger partial charge in [-0.15, -0.1) is 0 Å². The molecule has 0 spiro atoms. The first-order valence-electron chi connectivity index (χ1n) is 9.84. The van der Waals surface area contributed by atoms with Crippen molar-refractivity contribution >= 4 is 0 Å². The molecule has 28 heavy (non-hydrogen) atoms. The van der Waals surface area contributed by atoms with Crippen LogP contribution in [-0.4, -0.2) is 16.7 Å². The summed E-state index contributed by atoms with van der Waals surface area (Å²) >= 11 is 0. The lowest BCUT2D eigenvalue weighted by Gasteiger charge is -2.06. The largest absolute Gasteiger partial charge is 0.492 e. The van der Waals surface area contributed by atoms with E-state index in [1.807, 2.05) is 32.9 Å². The quantitative estimate of drug-likeness (QED) is 0.580. The summed E-state index contributed by atoms with van der Waals surface area (Å²) in [6.45, 7) is 8.65. The first-order chi connectivity index (χ1) is 13.7. The molecule has 0 aliphatic heterocycles. The summed E-state index contributed by atoms with van der Waals surface area (Å²) in [5.74, 6) is 2.13. The topological polar surface area (TPSA) is 71.9 Å². The van der Waals surface area contributed by atoms with Gasteiger partial charge in [-0.1, -0.05) is 44.1 Å². The molecule has 5 nitrogen and oxygen atoms in total. The molecule has 5 heteroatoms. The first kappa shape index (κ1) is 19.6. The molecule has 1 aliphatic rings. The van der Waals surface area contributed by atoms with Crippen molar-refractivity contribution < 1.29 is 9.26 Å². The normalized spacial score (nSPS) is 14.6. The fourth-order valence-electron chi connectivity index (χ4n) is 3.55. The number of nitriles is 1. The van der Waals surface area contributed by atoms with Gasteiger partial charge in [-0.05, 0) is 55.0 Å². The minimum absolute atomic E-state index is 0.406. The van der Waals surface area contributed by atoms with E-state index in [1.54, 1.807) is 12.1 Å². The van der Waals surface area contributed by atoms with Crippen molar-refractivity contribution in [2.24, 2.45) is 0 Å². The lowest BCUT2D eigenvalue weighted by atomic mass is 9.99. The SMILES string of the molecule is CC.CCOc1ccc(-c2nc(-c3cccc4c3CC[C@@H]4C)no2)cc1C#N. The molecule has 0 radical (unpaired) electrons. The lowest BCUT2D eigenvalue weighted by molar-refractivity contribution is 0.339. The van der Waals surface area contributed by atoms with E-state index in [0.717, 1.165) is 18.4 Å². The third-order valence-corrected chi connectivity index (χ3v) is 4.88. The molecule has 1 heterocycles. The second-order valence-corrected chi connectivity index (χ2v) is 6.49. The van der Waals surface area contributed by atoms with Gasteiger partial charge < -0.3 is 9.26 Å². The van der Waals surface area contributed by atoms with Gasteiger partial charge in [0.15, 0.2) is 0 Å². The highest BCUT2D eigenvalue weighted by molar-refractivity contribution is 5.67. The molecule has 2 aromatic carbocycles. The standard InChI is InChI=1S/C21H19N3O2.C2H6/c1-3-25-19-10-8-14(11-15(19)12-22)21-23-20(24-26-21)18-6-4-5-16-13(2)7-9-17(16)18;1-2/h4-6,8,10-11,13H,3,7,9H2,1-2H3;1-2H3/t13-;/m0./s1. The molecule has 3 aromatic rings. The number of hydrogen-bond acceptors (Lipinski definition) is 5. The molecule has 0 amide bonds. The van der Waals surface area contributed by atoms with E-state index in [-0.39, 0.29) is 0 Å². The smallest absolute Gasteiger partial charge is 0.258 e. The summed E-state index contributed by atoms with van der Waals surface area (Å²) < 4.78 is 10.9. The molecule has 0 fully saturated rings. The van der Waals surface area contributed by atoms with Gasteiger partial charge in [0, 0.05) is 11.1 Å². The van der Waals surface area contributed by atoms with Gasteiger partial charge in [0.05, 0.1) is 12.2 Å². The Morgan fingerprint density at radius 3 is 2.82 bits per heavy atom. The number of benzene rings is 2. The molecule has 0 saturated heterocycles. The monoisotopic (exact) mass is 375 g/mol. The maximum absolute atomic E-state index is 9.33. The number of nitrogens with zero attached hydrogens (tertiary/aromatic N) is 3. The summed E-state index contributed by atoms with van der Waals surface area (Å²) in [6.07, 6.45) is 2.19. The van der Waals surface area contributed by atoms with Crippen LogP contribution in [0.1, 0.15) is 56.7 Å². The maximum atomic E-state index is 9.33. The van der Waals surface area contributed by atoms with Crippen LogP contribution in [0.2, 0.25) is 0 Å². The summed E-state index contributed by atoms with van der Waals surface area (Å²) in [5, 5.41) is 13.5. The van der Waals surface area contributed by atoms with E-state index in [0.29, 0.717) is 41.1 Å². The molecule has 1 atom stereocenters. The minimum Gasteiger partial charge on any atom is -0.492 e. The second-order valence-electron chi connectivity index (χ2n) is 6.49. The van der Waals surface area contributed by atoms with Gasteiger partial charge in [0.2, 0.25) is 5.82 Å². The van der Waals surface area contributed by atoms with E-state index >= 15 is 0 Å². The number of fused-ring (bicyclic) bond motifs is 1. The van der Waals surface area contributed by atoms with Gasteiger partial charge in [0.1, 0.15) is 11.8 Å². The summed E-state index contributed by atoms with van der Waals surface area (Å²) in [6, 6.07) is 13.8. The molecule has 1 aromatic heterocycles. The number of ether oxygens (including phenoxy) is 1. The Kier molecular flexibility index (Phi) is 6.10. The highest BCUT2D eigenvalue weighted by Crippen LogP contribution is 2.38. The maximum Gasteiger partial charge on any atom is 0.258 e. The van der Waals surface area contributed by atoms with Crippen LogP contribution in [0.3, 0.4) is 0 Å². The molecular weight excluding hydrogens is 350 g/mol. The van der Waals surface area contributed by atoms with Crippen molar-refractivity contribution in [3.63, 3.8) is 0 Å². The van der Waals surface area contributed by atoms with Crippen LogP contribution in [0.4, 0.5) is 0 Å². The molecular formula is C23H25N3O2. The molecule has 0 saturated carbocycles. The van der Waals surface area contributed by atoms with Crippen molar-refractivity contribution in [2.45, 2.75) is 46.5 Å². The average Bonchev–Trinajstić information content (AvgIpc) is 3.37. The highest BCUT2D eigenvalue weighted by atomic mass is 16.5. The molecule has 4 rings (SSSR count). The third kappa shape index (κ3) is 3.63. The molecule has 1 aliphatic carbocycles. The van der Waals surface area contributed by atoms with E-state index in [2.05, 4.69) is 35.3 Å². The van der Waals surface area contributed by atoms with Gasteiger partial charge in [0.25, 0.3) is 5.89 Å². The van der Waals surface area contributed by atoms with Crippen LogP contribution < -0.4 is 4.74 Å². The number of aromatic nitrogens is 2. The van der Waals surface area contributed by atoms with Crippen LogP contribution in [0.15, 0.2) is 40.9 Å². The zero-order chi connectivity index (χ0) is 20.1. The van der Waals surface area contributed by atoms with Gasteiger partial charge in [-0.2, -0.15) is 10.2 Å². The Balaban J connectivity index is 0.00000109. The molecule has 0 N–H and O–H groups in total. The minimum atomic E-state index is 0.406. The fraction of sp³-hybridized carbons (Fsp3) is 0.348. The van der Waals surface area contributed by atoms with Crippen LogP contribution in [0.5, 0.6) is 5.75 Å². The Labute approximate surface area is 166 Å². The Morgan fingerprint density at radius 1 is 1.25 bits per heavy atom. The zero-order valence-corrected chi connectivity index (χ0v) is 16.8. The Bertz CT molecular complexity index is 1000. The highest BCUT2D eigenvalue weighted by Gasteiger charge is 2.23. The van der Waals surface area contributed by atoms with Crippen molar-refractivity contribution in [3.05, 3.63) is 53.1 Å². The molecule has 0 unspecified atom stereocenters. The third-order valence-electron chi connectivity index (χ3n) is 4.88. The van der Waals surface area contributed by atoms with E-state index in [9.17, 15) is 5.26 Å². The lowest BCUT2D eigenvalue weighted by Crippen LogP contribution is -1.94. The van der Waals surface area contributed by atoms with Crippen molar-refractivity contribution in [3.8, 4) is 34.7 Å². The van der Waals surface area contributed by atoms with Crippen LogP contribution >= 0.6 is 0 Å². The fourth-order valence-corrected chi connectivity index (χ4v) is 3.55.